The minimum absolute atomic E-state index is 1.19. The van der Waals surface area contributed by atoms with Crippen molar-refractivity contribution >= 4 is 5.97 Å². The lowest BCUT2D eigenvalue weighted by molar-refractivity contribution is -0.470. The molecule has 0 saturated heterocycles. The van der Waals surface area contributed by atoms with Gasteiger partial charge in [0.05, 0.1) is 0 Å². The predicted octanol–water partition coefficient (Wildman–Crippen LogP) is 6.27. The summed E-state index contributed by atoms with van der Waals surface area (Å²) in [5.74, 6) is -53.6. The van der Waals surface area contributed by atoms with Crippen LogP contribution in [0.25, 0.3) is 0 Å². The summed E-state index contributed by atoms with van der Waals surface area (Å²) in [6.07, 6.45) is -19.7. The first-order chi connectivity index (χ1) is 13.9. The van der Waals surface area contributed by atoms with Gasteiger partial charge in [0.15, 0.2) is 0 Å². The van der Waals surface area contributed by atoms with Gasteiger partial charge in [0.1, 0.15) is 0 Å². The van der Waals surface area contributed by atoms with Gasteiger partial charge in [0, 0.05) is 6.08 Å². The molecule has 0 aliphatic carbocycles. The van der Waals surface area contributed by atoms with Crippen molar-refractivity contribution in [1.82, 2.24) is 0 Å². The summed E-state index contributed by atoms with van der Waals surface area (Å²) >= 11 is 0. The third kappa shape index (κ3) is 4.03. The van der Waals surface area contributed by atoms with Crippen LogP contribution < -0.4 is 0 Å². The molecular formula is C12H3F19O2. The van der Waals surface area contributed by atoms with Crippen LogP contribution >= 0.6 is 0 Å². The monoisotopic (exact) mass is 540 g/mol. The number of hydrogen-bond acceptors (Lipinski definition) is 1. The topological polar surface area (TPSA) is 37.3 Å². The molecule has 0 aromatic carbocycles. The van der Waals surface area contributed by atoms with E-state index in [1.165, 1.54) is 0 Å². The molecule has 0 saturated carbocycles. The van der Waals surface area contributed by atoms with Crippen LogP contribution in [-0.2, 0) is 4.79 Å². The fourth-order valence-electron chi connectivity index (χ4n) is 1.81. The Balaban J connectivity index is 7.10. The summed E-state index contributed by atoms with van der Waals surface area (Å²) in [7, 11) is 0. The summed E-state index contributed by atoms with van der Waals surface area (Å²) in [5, 5.41) is 7.91. The van der Waals surface area contributed by atoms with E-state index in [0.717, 1.165) is 0 Å². The Labute approximate surface area is 166 Å². The Kier molecular flexibility index (Phi) is 7.21. The van der Waals surface area contributed by atoms with Crippen LogP contribution in [0.2, 0.25) is 0 Å². The number of allylic oxidation sites excluding steroid dienone is 1. The molecule has 0 amide bonds. The average Bonchev–Trinajstić information content (AvgIpc) is 2.56. The van der Waals surface area contributed by atoms with E-state index in [1.807, 2.05) is 0 Å². The molecule has 0 aliphatic heterocycles. The van der Waals surface area contributed by atoms with E-state index in [1.54, 1.807) is 0 Å². The van der Waals surface area contributed by atoms with Gasteiger partial charge < -0.3 is 5.11 Å². The second-order valence-electron chi connectivity index (χ2n) is 5.82. The van der Waals surface area contributed by atoms with Gasteiger partial charge >= 0.3 is 59.5 Å². The second-order valence-corrected chi connectivity index (χ2v) is 5.82. The first-order valence-electron chi connectivity index (χ1n) is 6.93. The maximum atomic E-state index is 13.4. The highest BCUT2D eigenvalue weighted by atomic mass is 19.4. The summed E-state index contributed by atoms with van der Waals surface area (Å²) in [6.45, 7) is 0. The number of hydrogen-bond donors (Lipinski definition) is 1. The molecule has 0 fully saturated rings. The van der Waals surface area contributed by atoms with Gasteiger partial charge in [-0.05, 0) is 6.08 Å². The van der Waals surface area contributed by atoms with Crippen LogP contribution in [0.1, 0.15) is 0 Å². The van der Waals surface area contributed by atoms with Crippen LogP contribution in [-0.4, -0.2) is 64.6 Å². The molecule has 0 heterocycles. The zero-order valence-corrected chi connectivity index (χ0v) is 14.2. The van der Waals surface area contributed by atoms with E-state index in [0.29, 0.717) is 0 Å². The molecule has 0 unspecified atom stereocenters. The molecule has 0 aromatic rings. The van der Waals surface area contributed by atoms with Gasteiger partial charge in [-0.15, -0.1) is 0 Å². The van der Waals surface area contributed by atoms with Crippen LogP contribution in [0.4, 0.5) is 83.4 Å². The molecule has 0 aliphatic rings. The molecule has 0 radical (unpaired) electrons. The summed E-state index contributed by atoms with van der Waals surface area (Å²) < 4.78 is 246. The van der Waals surface area contributed by atoms with Crippen molar-refractivity contribution in [3.63, 3.8) is 0 Å². The normalized spacial score (nSPS) is 16.5. The Morgan fingerprint density at radius 1 is 0.485 bits per heavy atom. The van der Waals surface area contributed by atoms with Gasteiger partial charge in [0.2, 0.25) is 0 Å². The fourth-order valence-corrected chi connectivity index (χ4v) is 1.81. The third-order valence-corrected chi connectivity index (χ3v) is 3.65. The Morgan fingerprint density at radius 2 is 0.758 bits per heavy atom. The van der Waals surface area contributed by atoms with E-state index in [-0.39, 0.29) is 0 Å². The van der Waals surface area contributed by atoms with Crippen LogP contribution in [0.15, 0.2) is 12.2 Å². The number of halogens is 19. The van der Waals surface area contributed by atoms with Crippen molar-refractivity contribution in [3.8, 4) is 0 Å². The molecule has 0 aromatic heterocycles. The van der Waals surface area contributed by atoms with Crippen molar-refractivity contribution in [2.24, 2.45) is 0 Å². The highest BCUT2D eigenvalue weighted by Gasteiger charge is 2.98. The van der Waals surface area contributed by atoms with Crippen molar-refractivity contribution in [2.45, 2.75) is 53.6 Å². The Morgan fingerprint density at radius 3 is 1.03 bits per heavy atom. The summed E-state index contributed by atoms with van der Waals surface area (Å²) in [4.78, 5) is 9.93. The second kappa shape index (κ2) is 7.70. The average molecular weight is 540 g/mol. The number of rotatable bonds is 8. The fraction of sp³-hybridized carbons (Fsp3) is 0.750. The molecule has 0 atom stereocenters. The van der Waals surface area contributed by atoms with E-state index >= 15 is 0 Å². The summed E-state index contributed by atoms with van der Waals surface area (Å²) in [6, 6.07) is 0. The zero-order chi connectivity index (χ0) is 27.5. The maximum Gasteiger partial charge on any atom is 0.438 e. The highest BCUT2D eigenvalue weighted by Crippen LogP contribution is 2.66. The zero-order valence-electron chi connectivity index (χ0n) is 14.2. The largest absolute Gasteiger partial charge is 0.478 e. The lowest BCUT2D eigenvalue weighted by atomic mass is 9.83. The van der Waals surface area contributed by atoms with E-state index in [9.17, 15) is 88.2 Å². The van der Waals surface area contributed by atoms with Crippen LogP contribution in [0.5, 0.6) is 0 Å². The first kappa shape index (κ1) is 30.9. The number of alkyl halides is 19. The van der Waals surface area contributed by atoms with Crippen LogP contribution in [0, 0.1) is 0 Å². The van der Waals surface area contributed by atoms with Gasteiger partial charge in [-0.2, -0.15) is 79.0 Å². The lowest BCUT2D eigenvalue weighted by Gasteiger charge is -2.44. The molecule has 0 spiro atoms. The minimum atomic E-state index is -9.10. The van der Waals surface area contributed by atoms with Crippen molar-refractivity contribution in [2.75, 3.05) is 0 Å². The molecule has 33 heavy (non-hydrogen) atoms. The van der Waals surface area contributed by atoms with Gasteiger partial charge in [0.25, 0.3) is 0 Å². The number of carbonyl (C=O) groups is 1. The molecular weight excluding hydrogens is 537 g/mol. The lowest BCUT2D eigenvalue weighted by Crippen LogP contribution is -2.77. The van der Waals surface area contributed by atoms with Crippen molar-refractivity contribution < 1.29 is 93.3 Å². The molecule has 21 heteroatoms. The number of carboxylic acids is 1. The molecule has 0 rings (SSSR count). The standard InChI is InChI=1S/C12H3F19O2/c13-4(14,2-1-3(32)33)6(16,17)8(20,21)10(24,25)9(22,23)7(18,19)5(15,11(26,27)28)12(29,30)31/h1-2H,(H,32,33). The molecule has 1 N–H and O–H groups in total. The quantitative estimate of drug-likeness (QED) is 0.291. The smallest absolute Gasteiger partial charge is 0.438 e. The van der Waals surface area contributed by atoms with E-state index in [4.69, 9.17) is 5.11 Å². The van der Waals surface area contributed by atoms with Crippen LogP contribution in [0.3, 0.4) is 0 Å². The Bertz CT molecular complexity index is 757. The van der Waals surface area contributed by atoms with Gasteiger partial charge in [-0.3, -0.25) is 0 Å². The van der Waals surface area contributed by atoms with E-state index in [2.05, 4.69) is 0 Å². The summed E-state index contributed by atoms with van der Waals surface area (Å²) in [5.41, 5.74) is -8.79. The first-order valence-corrected chi connectivity index (χ1v) is 6.93. The number of aliphatic carboxylic acids is 1. The highest BCUT2D eigenvalue weighted by molar-refractivity contribution is 5.79. The molecule has 2 nitrogen and oxygen atoms in total. The Hall–Kier alpha value is -2.12. The number of carboxylic acid groups (broad SMARTS) is 1. The van der Waals surface area contributed by atoms with E-state index < -0.39 is 71.7 Å². The van der Waals surface area contributed by atoms with Gasteiger partial charge in [-0.1, -0.05) is 0 Å². The third-order valence-electron chi connectivity index (χ3n) is 3.65. The SMILES string of the molecule is O=C(O)C=CC(F)(F)C(F)(F)C(F)(F)C(F)(F)C(F)(F)C(F)(F)C(F)(C(F)(F)F)C(F)(F)F. The van der Waals surface area contributed by atoms with Crippen molar-refractivity contribution in [1.29, 1.82) is 0 Å². The maximum absolute atomic E-state index is 13.4. The minimum Gasteiger partial charge on any atom is -0.478 e. The predicted molar refractivity (Wildman–Crippen MR) is 62.4 cm³/mol. The van der Waals surface area contributed by atoms with Gasteiger partial charge in [-0.25, -0.2) is 9.18 Å². The molecule has 0 bridgehead atoms. The van der Waals surface area contributed by atoms with Crippen molar-refractivity contribution in [3.05, 3.63) is 12.2 Å². The molecule has 196 valence electrons.